The van der Waals surface area contributed by atoms with E-state index in [1.54, 1.807) is 13.1 Å². The van der Waals surface area contributed by atoms with Crippen LogP contribution in [0.5, 0.6) is 0 Å². The standard InChI is InChI=1S/C24H33N7O2/c1-15(2)27-23-22-19(10-20(28-23)16(3)33)12-26-24(30-22)29-21-5-4-18(11-25-21)13-31-8-6-17(14-32)7-9-31/h4-5,10-12,15-17,32-33H,6-9,13-14H2,1-3H3,(H,27,28)(H,25,26,29,30)/t16-/m1/s1. The monoisotopic (exact) mass is 451 g/mol. The highest BCUT2D eigenvalue weighted by molar-refractivity contribution is 5.89. The maximum absolute atomic E-state index is 9.98. The first-order valence-electron chi connectivity index (χ1n) is 11.6. The SMILES string of the molecule is CC(C)Nc1nc([C@@H](C)O)cc2cnc(Nc3ccc(CN4CCC(CO)CC4)cn3)nc12. The van der Waals surface area contributed by atoms with Crippen molar-refractivity contribution in [2.45, 2.75) is 52.3 Å². The molecular weight excluding hydrogens is 418 g/mol. The van der Waals surface area contributed by atoms with E-state index in [9.17, 15) is 10.2 Å². The van der Waals surface area contributed by atoms with E-state index in [0.717, 1.165) is 43.4 Å². The van der Waals surface area contributed by atoms with E-state index in [0.29, 0.717) is 41.3 Å². The summed E-state index contributed by atoms with van der Waals surface area (Å²) in [5.41, 5.74) is 2.42. The molecule has 0 amide bonds. The molecule has 3 aromatic heterocycles. The van der Waals surface area contributed by atoms with Crippen molar-refractivity contribution in [2.24, 2.45) is 5.92 Å². The van der Waals surface area contributed by atoms with Crippen molar-refractivity contribution in [3.63, 3.8) is 0 Å². The van der Waals surface area contributed by atoms with Crippen molar-refractivity contribution < 1.29 is 10.2 Å². The van der Waals surface area contributed by atoms with Gasteiger partial charge in [0.25, 0.3) is 0 Å². The van der Waals surface area contributed by atoms with Crippen LogP contribution in [0.3, 0.4) is 0 Å². The second-order valence-electron chi connectivity index (χ2n) is 9.08. The average molecular weight is 452 g/mol. The molecule has 1 aliphatic rings. The molecule has 0 aliphatic carbocycles. The summed E-state index contributed by atoms with van der Waals surface area (Å²) in [4.78, 5) is 20.6. The third kappa shape index (κ3) is 5.93. The lowest BCUT2D eigenvalue weighted by Crippen LogP contribution is -2.34. The maximum atomic E-state index is 9.98. The molecule has 4 rings (SSSR count). The lowest BCUT2D eigenvalue weighted by Gasteiger charge is -2.30. The molecule has 0 spiro atoms. The van der Waals surface area contributed by atoms with Crippen LogP contribution in [0.2, 0.25) is 0 Å². The summed E-state index contributed by atoms with van der Waals surface area (Å²) in [6.07, 6.45) is 5.02. The van der Waals surface area contributed by atoms with Gasteiger partial charge in [-0.3, -0.25) is 4.90 Å². The van der Waals surface area contributed by atoms with Crippen molar-refractivity contribution in [2.75, 3.05) is 30.3 Å². The molecular formula is C24H33N7O2. The van der Waals surface area contributed by atoms with Gasteiger partial charge in [-0.2, -0.15) is 0 Å². The van der Waals surface area contributed by atoms with Crippen LogP contribution < -0.4 is 10.6 Å². The van der Waals surface area contributed by atoms with Crippen LogP contribution in [-0.4, -0.2) is 60.8 Å². The van der Waals surface area contributed by atoms with E-state index in [-0.39, 0.29) is 6.04 Å². The van der Waals surface area contributed by atoms with Crippen molar-refractivity contribution in [1.29, 1.82) is 0 Å². The Morgan fingerprint density at radius 1 is 1.09 bits per heavy atom. The molecule has 0 saturated carbocycles. The zero-order chi connectivity index (χ0) is 23.4. The molecule has 1 fully saturated rings. The second-order valence-corrected chi connectivity index (χ2v) is 9.08. The van der Waals surface area contributed by atoms with E-state index >= 15 is 0 Å². The number of fused-ring (bicyclic) bond motifs is 1. The number of aromatic nitrogens is 4. The lowest BCUT2D eigenvalue weighted by atomic mass is 9.98. The Kier molecular flexibility index (Phi) is 7.32. The summed E-state index contributed by atoms with van der Waals surface area (Å²) < 4.78 is 0. The van der Waals surface area contributed by atoms with Gasteiger partial charge in [-0.05, 0) is 70.3 Å². The summed E-state index contributed by atoms with van der Waals surface area (Å²) >= 11 is 0. The Morgan fingerprint density at radius 2 is 1.88 bits per heavy atom. The fourth-order valence-corrected chi connectivity index (χ4v) is 4.00. The van der Waals surface area contributed by atoms with Gasteiger partial charge < -0.3 is 20.8 Å². The number of rotatable bonds is 8. The molecule has 1 atom stereocenters. The Hall–Kier alpha value is -2.88. The molecule has 0 aromatic carbocycles. The molecule has 33 heavy (non-hydrogen) atoms. The largest absolute Gasteiger partial charge is 0.396 e. The molecule has 9 nitrogen and oxygen atoms in total. The molecule has 176 valence electrons. The van der Waals surface area contributed by atoms with E-state index < -0.39 is 6.10 Å². The Bertz CT molecular complexity index is 1060. The third-order valence-corrected chi connectivity index (χ3v) is 5.88. The van der Waals surface area contributed by atoms with Gasteiger partial charge in [-0.15, -0.1) is 0 Å². The molecule has 1 aliphatic heterocycles. The van der Waals surface area contributed by atoms with Crippen LogP contribution in [-0.2, 0) is 6.54 Å². The van der Waals surface area contributed by atoms with E-state index in [1.807, 2.05) is 32.2 Å². The van der Waals surface area contributed by atoms with Crippen LogP contribution in [0.1, 0.15) is 51.0 Å². The van der Waals surface area contributed by atoms with Crippen LogP contribution >= 0.6 is 0 Å². The van der Waals surface area contributed by atoms with Crippen molar-refractivity contribution in [3.8, 4) is 0 Å². The smallest absolute Gasteiger partial charge is 0.229 e. The fraction of sp³-hybridized carbons (Fsp3) is 0.500. The van der Waals surface area contributed by atoms with Gasteiger partial charge in [0.2, 0.25) is 5.95 Å². The number of aliphatic hydroxyl groups excluding tert-OH is 2. The van der Waals surface area contributed by atoms with Crippen molar-refractivity contribution >= 4 is 28.5 Å². The Balaban J connectivity index is 1.47. The first-order valence-corrected chi connectivity index (χ1v) is 11.6. The summed E-state index contributed by atoms with van der Waals surface area (Å²) in [6.45, 7) is 8.92. The highest BCUT2D eigenvalue weighted by Crippen LogP contribution is 2.25. The van der Waals surface area contributed by atoms with Gasteiger partial charge in [-0.25, -0.2) is 19.9 Å². The number of nitrogens with one attached hydrogen (secondary N) is 2. The molecule has 4 N–H and O–H groups in total. The number of likely N-dealkylation sites (tertiary alicyclic amines) is 1. The third-order valence-electron chi connectivity index (χ3n) is 5.88. The van der Waals surface area contributed by atoms with E-state index in [1.165, 1.54) is 0 Å². The first kappa shape index (κ1) is 23.3. The van der Waals surface area contributed by atoms with Gasteiger partial charge in [-0.1, -0.05) is 6.07 Å². The van der Waals surface area contributed by atoms with Gasteiger partial charge >= 0.3 is 0 Å². The molecule has 1 saturated heterocycles. The molecule has 0 bridgehead atoms. The second kappa shape index (κ2) is 10.4. The number of nitrogens with zero attached hydrogens (tertiary/aromatic N) is 5. The normalized spacial score (nSPS) is 16.3. The van der Waals surface area contributed by atoms with Crippen molar-refractivity contribution in [1.82, 2.24) is 24.8 Å². The first-order chi connectivity index (χ1) is 15.9. The topological polar surface area (TPSA) is 119 Å². The molecule has 9 heteroatoms. The van der Waals surface area contributed by atoms with E-state index in [2.05, 4.69) is 41.5 Å². The van der Waals surface area contributed by atoms with Crippen LogP contribution in [0.4, 0.5) is 17.6 Å². The minimum absolute atomic E-state index is 0.167. The van der Waals surface area contributed by atoms with E-state index in [4.69, 9.17) is 0 Å². The highest BCUT2D eigenvalue weighted by Gasteiger charge is 2.18. The van der Waals surface area contributed by atoms with Gasteiger partial charge in [0.15, 0.2) is 5.82 Å². The number of anilines is 3. The minimum atomic E-state index is -0.677. The molecule has 4 heterocycles. The Labute approximate surface area is 194 Å². The lowest BCUT2D eigenvalue weighted by molar-refractivity contribution is 0.127. The van der Waals surface area contributed by atoms with Crippen LogP contribution in [0.25, 0.3) is 10.9 Å². The van der Waals surface area contributed by atoms with Gasteiger partial charge in [0.1, 0.15) is 11.3 Å². The average Bonchev–Trinajstić information content (AvgIpc) is 2.80. The maximum Gasteiger partial charge on any atom is 0.229 e. The zero-order valence-corrected chi connectivity index (χ0v) is 19.5. The summed E-state index contributed by atoms with van der Waals surface area (Å²) in [5, 5.41) is 26.6. The quantitative estimate of drug-likeness (QED) is 0.409. The highest BCUT2D eigenvalue weighted by atomic mass is 16.3. The van der Waals surface area contributed by atoms with Crippen molar-refractivity contribution in [3.05, 3.63) is 41.9 Å². The molecule has 3 aromatic rings. The zero-order valence-electron chi connectivity index (χ0n) is 19.5. The number of piperidine rings is 1. The predicted octanol–water partition coefficient (Wildman–Crippen LogP) is 3.24. The summed E-state index contributed by atoms with van der Waals surface area (Å²) in [6, 6.07) is 5.98. The minimum Gasteiger partial charge on any atom is -0.396 e. The van der Waals surface area contributed by atoms with Crippen LogP contribution in [0, 0.1) is 5.92 Å². The molecule has 0 radical (unpaired) electrons. The number of aliphatic hydroxyl groups is 2. The summed E-state index contributed by atoms with van der Waals surface area (Å²) in [7, 11) is 0. The summed E-state index contributed by atoms with van der Waals surface area (Å²) in [5.74, 6) is 2.17. The Morgan fingerprint density at radius 3 is 2.52 bits per heavy atom. The number of hydrogen-bond acceptors (Lipinski definition) is 9. The number of pyridine rings is 2. The van der Waals surface area contributed by atoms with Gasteiger partial charge in [0.05, 0.1) is 11.8 Å². The molecule has 0 unspecified atom stereocenters. The number of hydrogen-bond donors (Lipinski definition) is 4. The predicted molar refractivity (Wildman–Crippen MR) is 129 cm³/mol. The van der Waals surface area contributed by atoms with Gasteiger partial charge in [0, 0.05) is 37.0 Å². The fourth-order valence-electron chi connectivity index (χ4n) is 4.00. The van der Waals surface area contributed by atoms with Crippen LogP contribution in [0.15, 0.2) is 30.6 Å².